The molecule has 0 unspecified atom stereocenters. The maximum atomic E-state index is 4.50. The lowest BCUT2D eigenvalue weighted by atomic mass is 10.1. The Bertz CT molecular complexity index is 780. The van der Waals surface area contributed by atoms with Gasteiger partial charge in [0.25, 0.3) is 0 Å². The van der Waals surface area contributed by atoms with Crippen molar-refractivity contribution < 1.29 is 0 Å². The van der Waals surface area contributed by atoms with Gasteiger partial charge in [0.05, 0.1) is 12.2 Å². The molecule has 0 saturated carbocycles. The van der Waals surface area contributed by atoms with Crippen LogP contribution < -0.4 is 5.32 Å². The zero-order valence-corrected chi connectivity index (χ0v) is 13.1. The van der Waals surface area contributed by atoms with Crippen LogP contribution in [0.2, 0.25) is 0 Å². The molecule has 0 bridgehead atoms. The fourth-order valence-electron chi connectivity index (χ4n) is 2.92. The fourth-order valence-corrected chi connectivity index (χ4v) is 2.92. The van der Waals surface area contributed by atoms with Crippen LogP contribution in [0.1, 0.15) is 22.5 Å². The second kappa shape index (κ2) is 5.37. The first-order chi connectivity index (χ1) is 10.1. The lowest BCUT2D eigenvalue weighted by Gasteiger charge is -2.07. The van der Waals surface area contributed by atoms with Crippen LogP contribution in [-0.4, -0.2) is 21.4 Å². The molecule has 0 aliphatic carbocycles. The van der Waals surface area contributed by atoms with Gasteiger partial charge >= 0.3 is 0 Å². The molecular weight excluding hydrogens is 260 g/mol. The van der Waals surface area contributed by atoms with Crippen LogP contribution in [0.5, 0.6) is 0 Å². The summed E-state index contributed by atoms with van der Waals surface area (Å²) in [5.74, 6) is 0. The molecule has 110 valence electrons. The first-order valence-corrected chi connectivity index (χ1v) is 7.31. The molecule has 1 aromatic carbocycles. The minimum Gasteiger partial charge on any atom is -0.339 e. The number of nitrogens with one attached hydrogen (secondary N) is 1. The second-order valence-corrected chi connectivity index (χ2v) is 5.66. The van der Waals surface area contributed by atoms with Gasteiger partial charge in [0, 0.05) is 36.4 Å². The van der Waals surface area contributed by atoms with Gasteiger partial charge in [0.1, 0.15) is 0 Å². The smallest absolute Gasteiger partial charge is 0.0821 e. The molecule has 21 heavy (non-hydrogen) atoms. The minimum absolute atomic E-state index is 0.822. The van der Waals surface area contributed by atoms with Crippen LogP contribution in [0.4, 0.5) is 0 Å². The molecule has 0 aliphatic rings. The van der Waals surface area contributed by atoms with Crippen molar-refractivity contribution in [3.63, 3.8) is 0 Å². The van der Waals surface area contributed by atoms with Gasteiger partial charge < -0.3 is 9.88 Å². The van der Waals surface area contributed by atoms with Gasteiger partial charge in [-0.05, 0) is 50.2 Å². The molecule has 4 nitrogen and oxygen atoms in total. The van der Waals surface area contributed by atoms with Gasteiger partial charge in [-0.25, -0.2) is 0 Å². The highest BCUT2D eigenvalue weighted by Gasteiger charge is 2.12. The number of aromatic nitrogens is 3. The van der Waals surface area contributed by atoms with Gasteiger partial charge in [0.15, 0.2) is 0 Å². The predicted octanol–water partition coefficient (Wildman–Crippen LogP) is 2.76. The number of aryl methyl sites for hydroxylation is 2. The third-order valence-corrected chi connectivity index (χ3v) is 4.17. The summed E-state index contributed by atoms with van der Waals surface area (Å²) in [5, 5.41) is 9.05. The molecule has 4 heteroatoms. The van der Waals surface area contributed by atoms with E-state index in [1.54, 1.807) is 0 Å². The van der Waals surface area contributed by atoms with E-state index in [1.165, 1.54) is 27.7 Å². The van der Waals surface area contributed by atoms with E-state index in [9.17, 15) is 0 Å². The fraction of sp³-hybridized carbons (Fsp3) is 0.353. The summed E-state index contributed by atoms with van der Waals surface area (Å²) >= 11 is 0. The molecule has 0 saturated heterocycles. The minimum atomic E-state index is 0.822. The Morgan fingerprint density at radius 2 is 2.00 bits per heavy atom. The third kappa shape index (κ3) is 2.47. The summed E-state index contributed by atoms with van der Waals surface area (Å²) in [6.45, 7) is 6.12. The largest absolute Gasteiger partial charge is 0.339 e. The number of hydrogen-bond donors (Lipinski definition) is 1. The molecule has 0 radical (unpaired) electrons. The van der Waals surface area contributed by atoms with E-state index in [0.29, 0.717) is 0 Å². The van der Waals surface area contributed by atoms with Crippen LogP contribution in [-0.2, 0) is 20.1 Å². The van der Waals surface area contributed by atoms with Crippen molar-refractivity contribution in [3.8, 4) is 0 Å². The molecule has 0 aliphatic heterocycles. The predicted molar refractivity (Wildman–Crippen MR) is 86.5 cm³/mol. The number of fused-ring (bicyclic) bond motifs is 1. The van der Waals surface area contributed by atoms with Crippen LogP contribution in [0, 0.1) is 13.8 Å². The average molecular weight is 282 g/mol. The Labute approximate surface area is 125 Å². The first kappa shape index (κ1) is 13.9. The average Bonchev–Trinajstić information content (AvgIpc) is 2.97. The van der Waals surface area contributed by atoms with E-state index >= 15 is 0 Å². The van der Waals surface area contributed by atoms with Crippen molar-refractivity contribution in [2.45, 2.75) is 26.9 Å². The van der Waals surface area contributed by atoms with Gasteiger partial charge in [-0.2, -0.15) is 5.10 Å². The topological polar surface area (TPSA) is 34.8 Å². The SMILES string of the molecule is CNCc1ccc2c(c1)c(C)c(C)n2Cc1ccn(C)n1. The van der Waals surface area contributed by atoms with E-state index < -0.39 is 0 Å². The van der Waals surface area contributed by atoms with Gasteiger partial charge in [-0.15, -0.1) is 0 Å². The Kier molecular flexibility index (Phi) is 3.55. The monoisotopic (exact) mass is 282 g/mol. The van der Waals surface area contributed by atoms with E-state index in [1.807, 2.05) is 25.0 Å². The number of nitrogens with zero attached hydrogens (tertiary/aromatic N) is 3. The summed E-state index contributed by atoms with van der Waals surface area (Å²) < 4.78 is 4.21. The zero-order chi connectivity index (χ0) is 15.0. The maximum Gasteiger partial charge on any atom is 0.0821 e. The highest BCUT2D eigenvalue weighted by molar-refractivity contribution is 5.86. The van der Waals surface area contributed by atoms with Crippen molar-refractivity contribution >= 4 is 10.9 Å². The highest BCUT2D eigenvalue weighted by atomic mass is 15.3. The standard InChI is InChI=1S/C17H22N4/c1-12-13(2)21(11-15-7-8-20(4)19-15)17-6-5-14(10-18-3)9-16(12)17/h5-9,18H,10-11H2,1-4H3. The summed E-state index contributed by atoms with van der Waals surface area (Å²) in [6.07, 6.45) is 1.99. The molecule has 1 N–H and O–H groups in total. The second-order valence-electron chi connectivity index (χ2n) is 5.66. The van der Waals surface area contributed by atoms with Crippen molar-refractivity contribution in [1.82, 2.24) is 19.7 Å². The zero-order valence-electron chi connectivity index (χ0n) is 13.1. The van der Waals surface area contributed by atoms with Crippen LogP contribution in [0.25, 0.3) is 10.9 Å². The quantitative estimate of drug-likeness (QED) is 0.798. The van der Waals surface area contributed by atoms with Crippen molar-refractivity contribution in [3.05, 3.63) is 53.0 Å². The maximum absolute atomic E-state index is 4.50. The van der Waals surface area contributed by atoms with Crippen molar-refractivity contribution in [2.75, 3.05) is 7.05 Å². The Morgan fingerprint density at radius 1 is 1.19 bits per heavy atom. The summed E-state index contributed by atoms with van der Waals surface area (Å²) in [4.78, 5) is 0. The Morgan fingerprint density at radius 3 is 2.67 bits per heavy atom. The summed E-state index contributed by atoms with van der Waals surface area (Å²) in [6, 6.07) is 8.80. The van der Waals surface area contributed by atoms with E-state index in [0.717, 1.165) is 18.8 Å². The molecule has 3 rings (SSSR count). The van der Waals surface area contributed by atoms with E-state index in [-0.39, 0.29) is 0 Å². The summed E-state index contributed by atoms with van der Waals surface area (Å²) in [7, 11) is 3.94. The van der Waals surface area contributed by atoms with Crippen LogP contribution in [0.3, 0.4) is 0 Å². The van der Waals surface area contributed by atoms with Crippen molar-refractivity contribution in [1.29, 1.82) is 0 Å². The lowest BCUT2D eigenvalue weighted by Crippen LogP contribution is -2.05. The van der Waals surface area contributed by atoms with Crippen LogP contribution >= 0.6 is 0 Å². The normalized spacial score (nSPS) is 11.4. The molecule has 0 spiro atoms. The molecule has 2 heterocycles. The first-order valence-electron chi connectivity index (χ1n) is 7.31. The molecule has 0 fully saturated rings. The van der Waals surface area contributed by atoms with Crippen molar-refractivity contribution in [2.24, 2.45) is 7.05 Å². The third-order valence-electron chi connectivity index (χ3n) is 4.17. The molecule has 2 aromatic heterocycles. The lowest BCUT2D eigenvalue weighted by molar-refractivity contribution is 0.708. The number of benzene rings is 1. The molecule has 0 amide bonds. The molecule has 0 atom stereocenters. The van der Waals surface area contributed by atoms with Gasteiger partial charge in [0.2, 0.25) is 0 Å². The number of hydrogen-bond acceptors (Lipinski definition) is 2. The van der Waals surface area contributed by atoms with E-state index in [2.05, 4.69) is 53.1 Å². The molecular formula is C17H22N4. The molecule has 3 aromatic rings. The Hall–Kier alpha value is -2.07. The number of rotatable bonds is 4. The highest BCUT2D eigenvalue weighted by Crippen LogP contribution is 2.27. The Balaban J connectivity index is 2.07. The van der Waals surface area contributed by atoms with Gasteiger partial charge in [-0.1, -0.05) is 6.07 Å². The van der Waals surface area contributed by atoms with Gasteiger partial charge in [-0.3, -0.25) is 4.68 Å². The summed E-state index contributed by atoms with van der Waals surface area (Å²) in [5.41, 5.74) is 6.38. The van der Waals surface area contributed by atoms with Crippen LogP contribution in [0.15, 0.2) is 30.5 Å². The van der Waals surface area contributed by atoms with E-state index in [4.69, 9.17) is 0 Å².